The summed E-state index contributed by atoms with van der Waals surface area (Å²) in [6.45, 7) is 4.58. The fourth-order valence-electron chi connectivity index (χ4n) is 2.66. The number of nitrogens with one attached hydrogen (secondary N) is 2. The number of hydrogen-bond donors (Lipinski definition) is 2. The lowest BCUT2D eigenvalue weighted by molar-refractivity contribution is -0.116. The number of rotatable bonds is 7. The van der Waals surface area contributed by atoms with Crippen LogP contribution in [0.3, 0.4) is 0 Å². The van der Waals surface area contributed by atoms with Gasteiger partial charge >= 0.3 is 0 Å². The van der Waals surface area contributed by atoms with Crippen molar-refractivity contribution in [1.82, 2.24) is 25.1 Å². The van der Waals surface area contributed by atoms with Gasteiger partial charge in [0.25, 0.3) is 0 Å². The lowest BCUT2D eigenvalue weighted by atomic mass is 10.2. The first-order chi connectivity index (χ1) is 13.9. The summed E-state index contributed by atoms with van der Waals surface area (Å²) in [6, 6.07) is 6.77. The number of carbonyl (C=O) groups excluding carboxylic acids is 1. The van der Waals surface area contributed by atoms with Crippen LogP contribution in [0, 0.1) is 25.5 Å². The van der Waals surface area contributed by atoms with E-state index in [0.29, 0.717) is 24.7 Å². The third kappa shape index (κ3) is 5.44. The number of aromatic nitrogens is 4. The lowest BCUT2D eigenvalue weighted by Crippen LogP contribution is -2.27. The quantitative estimate of drug-likeness (QED) is 0.472. The van der Waals surface area contributed by atoms with E-state index in [2.05, 4.69) is 25.7 Å². The minimum atomic E-state index is -0.598. The highest BCUT2D eigenvalue weighted by molar-refractivity contribution is 5.91. The van der Waals surface area contributed by atoms with Crippen LogP contribution < -0.4 is 10.6 Å². The van der Waals surface area contributed by atoms with Gasteiger partial charge in [0.15, 0.2) is 5.82 Å². The van der Waals surface area contributed by atoms with Gasteiger partial charge in [0.2, 0.25) is 5.91 Å². The number of nitrogens with zero attached hydrogens (tertiary/aromatic N) is 4. The van der Waals surface area contributed by atoms with E-state index in [1.54, 1.807) is 10.7 Å². The Morgan fingerprint density at radius 1 is 1.14 bits per heavy atom. The van der Waals surface area contributed by atoms with Crippen LogP contribution in [-0.4, -0.2) is 38.7 Å². The number of carbonyl (C=O) groups is 1. The van der Waals surface area contributed by atoms with Crippen molar-refractivity contribution in [2.75, 3.05) is 18.4 Å². The molecule has 0 atom stereocenters. The third-order valence-electron chi connectivity index (χ3n) is 3.98. The number of aryl methyl sites for hydroxylation is 2. The maximum Gasteiger partial charge on any atom is 0.244 e. The molecule has 0 unspecified atom stereocenters. The predicted octanol–water partition coefficient (Wildman–Crippen LogP) is 2.80. The van der Waals surface area contributed by atoms with Crippen LogP contribution in [0.2, 0.25) is 0 Å². The second kappa shape index (κ2) is 9.05. The van der Waals surface area contributed by atoms with E-state index < -0.39 is 17.5 Å². The number of halogens is 2. The molecule has 0 fully saturated rings. The first-order valence-corrected chi connectivity index (χ1v) is 8.93. The van der Waals surface area contributed by atoms with Gasteiger partial charge in [0.05, 0.1) is 5.69 Å². The summed E-state index contributed by atoms with van der Waals surface area (Å²) in [6.07, 6.45) is 3.82. The van der Waals surface area contributed by atoms with E-state index in [0.717, 1.165) is 35.7 Å². The first kappa shape index (κ1) is 20.1. The Labute approximate surface area is 166 Å². The Bertz CT molecular complexity index is 1050. The molecule has 3 aromatic rings. The van der Waals surface area contributed by atoms with Crippen LogP contribution in [0.5, 0.6) is 0 Å². The predicted molar refractivity (Wildman–Crippen MR) is 106 cm³/mol. The van der Waals surface area contributed by atoms with E-state index in [-0.39, 0.29) is 5.56 Å². The minimum absolute atomic E-state index is 0.0101. The Morgan fingerprint density at radius 3 is 2.72 bits per heavy atom. The number of amides is 1. The van der Waals surface area contributed by atoms with Gasteiger partial charge in [-0.1, -0.05) is 0 Å². The standard InChI is InChI=1S/C20H20F2N6O/c1-13-9-14(2)28(27-13)19-11-18(25-12-26-19)23-7-8-24-20(29)6-3-15-10-16(21)4-5-17(15)22/h3-6,9-12H,7-8H2,1-2H3,(H,24,29)(H,23,25,26)/b6-3+. The smallest absolute Gasteiger partial charge is 0.244 e. The molecule has 2 heterocycles. The van der Waals surface area contributed by atoms with E-state index in [1.807, 2.05) is 19.9 Å². The average Bonchev–Trinajstić information content (AvgIpc) is 3.04. The van der Waals surface area contributed by atoms with Crippen LogP contribution in [0.15, 0.2) is 42.7 Å². The van der Waals surface area contributed by atoms with Crippen molar-refractivity contribution in [3.63, 3.8) is 0 Å². The molecule has 0 saturated carbocycles. The first-order valence-electron chi connectivity index (χ1n) is 8.93. The summed E-state index contributed by atoms with van der Waals surface area (Å²) in [5.74, 6) is -0.354. The second-order valence-corrected chi connectivity index (χ2v) is 6.32. The molecule has 3 rings (SSSR count). The molecular formula is C20H20F2N6O. The summed E-state index contributed by atoms with van der Waals surface area (Å²) >= 11 is 0. The zero-order valence-corrected chi connectivity index (χ0v) is 16.0. The Morgan fingerprint density at radius 2 is 1.97 bits per heavy atom. The molecule has 0 spiro atoms. The van der Waals surface area contributed by atoms with E-state index in [4.69, 9.17) is 0 Å². The fourth-order valence-corrected chi connectivity index (χ4v) is 2.66. The average molecular weight is 398 g/mol. The molecule has 0 aliphatic carbocycles. The molecule has 2 N–H and O–H groups in total. The second-order valence-electron chi connectivity index (χ2n) is 6.32. The van der Waals surface area contributed by atoms with Crippen LogP contribution in [0.25, 0.3) is 11.9 Å². The molecular weight excluding hydrogens is 378 g/mol. The van der Waals surface area contributed by atoms with Crippen molar-refractivity contribution < 1.29 is 13.6 Å². The molecule has 0 aliphatic heterocycles. The van der Waals surface area contributed by atoms with Gasteiger partial charge < -0.3 is 10.6 Å². The molecule has 150 valence electrons. The summed E-state index contributed by atoms with van der Waals surface area (Å²) in [7, 11) is 0. The molecule has 0 radical (unpaired) electrons. The summed E-state index contributed by atoms with van der Waals surface area (Å²) < 4.78 is 28.4. The highest BCUT2D eigenvalue weighted by Gasteiger charge is 2.06. The topological polar surface area (TPSA) is 84.7 Å². The highest BCUT2D eigenvalue weighted by Crippen LogP contribution is 2.12. The maximum absolute atomic E-state index is 13.5. The fraction of sp³-hybridized carbons (Fsp3) is 0.200. The number of benzene rings is 1. The van der Waals surface area contributed by atoms with Gasteiger partial charge in [-0.05, 0) is 44.2 Å². The normalized spacial score (nSPS) is 11.0. The monoisotopic (exact) mass is 398 g/mol. The number of anilines is 1. The van der Waals surface area contributed by atoms with Crippen LogP contribution in [-0.2, 0) is 4.79 Å². The SMILES string of the molecule is Cc1cc(C)n(-c2cc(NCCNC(=O)/C=C/c3cc(F)ccc3F)ncn2)n1. The van der Waals surface area contributed by atoms with Gasteiger partial charge in [0.1, 0.15) is 23.8 Å². The van der Waals surface area contributed by atoms with Crippen LogP contribution >= 0.6 is 0 Å². The largest absolute Gasteiger partial charge is 0.368 e. The molecule has 29 heavy (non-hydrogen) atoms. The van der Waals surface area contributed by atoms with Crippen molar-refractivity contribution >= 4 is 17.8 Å². The van der Waals surface area contributed by atoms with Gasteiger partial charge in [-0.25, -0.2) is 23.4 Å². The van der Waals surface area contributed by atoms with Crippen molar-refractivity contribution in [2.24, 2.45) is 0 Å². The van der Waals surface area contributed by atoms with Gasteiger partial charge in [-0.2, -0.15) is 5.10 Å². The number of hydrogen-bond acceptors (Lipinski definition) is 5. The van der Waals surface area contributed by atoms with E-state index >= 15 is 0 Å². The van der Waals surface area contributed by atoms with Crippen molar-refractivity contribution in [1.29, 1.82) is 0 Å². The van der Waals surface area contributed by atoms with Gasteiger partial charge in [-0.3, -0.25) is 4.79 Å². The van der Waals surface area contributed by atoms with Gasteiger partial charge in [-0.15, -0.1) is 0 Å². The molecule has 7 nitrogen and oxygen atoms in total. The van der Waals surface area contributed by atoms with Crippen LogP contribution in [0.1, 0.15) is 17.0 Å². The molecule has 1 amide bonds. The molecule has 1 aromatic carbocycles. The molecule has 0 saturated heterocycles. The zero-order valence-electron chi connectivity index (χ0n) is 16.0. The minimum Gasteiger partial charge on any atom is -0.368 e. The van der Waals surface area contributed by atoms with Crippen molar-refractivity contribution in [2.45, 2.75) is 13.8 Å². The van der Waals surface area contributed by atoms with Crippen LogP contribution in [0.4, 0.5) is 14.6 Å². The Balaban J connectivity index is 1.50. The Kier molecular flexibility index (Phi) is 6.28. The zero-order chi connectivity index (χ0) is 20.8. The Hall–Kier alpha value is -3.62. The maximum atomic E-state index is 13.5. The molecule has 0 aliphatic rings. The molecule has 2 aromatic heterocycles. The van der Waals surface area contributed by atoms with E-state index in [9.17, 15) is 13.6 Å². The van der Waals surface area contributed by atoms with Gasteiger partial charge in [0, 0.05) is 36.5 Å². The third-order valence-corrected chi connectivity index (χ3v) is 3.98. The van der Waals surface area contributed by atoms with Crippen molar-refractivity contribution in [3.8, 4) is 5.82 Å². The van der Waals surface area contributed by atoms with Crippen molar-refractivity contribution in [3.05, 3.63) is 71.3 Å². The summed E-state index contributed by atoms with van der Waals surface area (Å²) in [4.78, 5) is 20.2. The molecule has 9 heteroatoms. The molecule has 0 bridgehead atoms. The summed E-state index contributed by atoms with van der Waals surface area (Å²) in [5.41, 5.74) is 1.86. The van der Waals surface area contributed by atoms with E-state index in [1.165, 1.54) is 12.4 Å². The summed E-state index contributed by atoms with van der Waals surface area (Å²) in [5, 5.41) is 10.1. The lowest BCUT2D eigenvalue weighted by Gasteiger charge is -2.08. The highest BCUT2D eigenvalue weighted by atomic mass is 19.1.